The molecule has 0 aliphatic heterocycles. The van der Waals surface area contributed by atoms with E-state index >= 15 is 0 Å². The Morgan fingerprint density at radius 2 is 0.962 bits per heavy atom. The highest BCUT2D eigenvalue weighted by atomic mass is 32.2. The molecule has 0 aromatic carbocycles. The Hall–Kier alpha value is -0.130. The maximum atomic E-state index is 11.6. The summed E-state index contributed by atoms with van der Waals surface area (Å²) >= 11 is 0. The SMILES string of the molecule is CCCCCCCCCCCC(O)C(CCCCCCCC)S(=O)(=O)O. The second kappa shape index (κ2) is 17.0. The minimum Gasteiger partial charge on any atom is -0.392 e. The van der Waals surface area contributed by atoms with Gasteiger partial charge in [-0.1, -0.05) is 110 Å². The number of hydrogen-bond donors (Lipinski definition) is 2. The molecule has 0 saturated carbocycles. The van der Waals surface area contributed by atoms with Crippen molar-refractivity contribution < 1.29 is 18.1 Å². The summed E-state index contributed by atoms with van der Waals surface area (Å²) in [4.78, 5) is 0. The molecule has 0 aliphatic carbocycles. The van der Waals surface area contributed by atoms with Gasteiger partial charge in [0.1, 0.15) is 5.25 Å². The minimum absolute atomic E-state index is 0.365. The molecule has 0 saturated heterocycles. The largest absolute Gasteiger partial charge is 0.392 e. The zero-order valence-corrected chi connectivity index (χ0v) is 18.1. The molecule has 0 bridgehead atoms. The maximum Gasteiger partial charge on any atom is 0.270 e. The molecular formula is C21H44O4S. The first kappa shape index (κ1) is 25.9. The Morgan fingerprint density at radius 3 is 1.35 bits per heavy atom. The van der Waals surface area contributed by atoms with Gasteiger partial charge in [-0.15, -0.1) is 0 Å². The molecule has 26 heavy (non-hydrogen) atoms. The predicted octanol–water partition coefficient (Wildman–Crippen LogP) is 6.28. The molecule has 0 aromatic heterocycles. The van der Waals surface area contributed by atoms with Crippen molar-refractivity contribution in [3.8, 4) is 0 Å². The third-order valence-electron chi connectivity index (χ3n) is 5.26. The lowest BCUT2D eigenvalue weighted by Crippen LogP contribution is -2.33. The van der Waals surface area contributed by atoms with E-state index in [1.807, 2.05) is 0 Å². The molecule has 0 aliphatic rings. The van der Waals surface area contributed by atoms with Crippen LogP contribution in [0.25, 0.3) is 0 Å². The highest BCUT2D eigenvalue weighted by Gasteiger charge is 2.29. The minimum atomic E-state index is -4.17. The first-order chi connectivity index (χ1) is 12.4. The van der Waals surface area contributed by atoms with Gasteiger partial charge in [-0.25, -0.2) is 0 Å². The molecule has 2 unspecified atom stereocenters. The first-order valence-corrected chi connectivity index (χ1v) is 12.6. The fourth-order valence-electron chi connectivity index (χ4n) is 3.52. The van der Waals surface area contributed by atoms with E-state index in [4.69, 9.17) is 0 Å². The third-order valence-corrected chi connectivity index (χ3v) is 6.57. The molecule has 2 atom stereocenters. The van der Waals surface area contributed by atoms with Gasteiger partial charge >= 0.3 is 0 Å². The van der Waals surface area contributed by atoms with Crippen molar-refractivity contribution in [1.82, 2.24) is 0 Å². The maximum absolute atomic E-state index is 11.6. The van der Waals surface area contributed by atoms with E-state index in [1.54, 1.807) is 0 Å². The van der Waals surface area contributed by atoms with Crippen molar-refractivity contribution in [2.45, 2.75) is 134 Å². The fourth-order valence-corrected chi connectivity index (χ4v) is 4.51. The van der Waals surface area contributed by atoms with Crippen LogP contribution in [0.15, 0.2) is 0 Å². The van der Waals surface area contributed by atoms with E-state index in [2.05, 4.69) is 13.8 Å². The molecule has 0 spiro atoms. The van der Waals surface area contributed by atoms with Gasteiger partial charge < -0.3 is 5.11 Å². The van der Waals surface area contributed by atoms with Crippen LogP contribution < -0.4 is 0 Å². The molecule has 4 nitrogen and oxygen atoms in total. The van der Waals surface area contributed by atoms with E-state index in [9.17, 15) is 18.1 Å². The van der Waals surface area contributed by atoms with Gasteiger partial charge in [-0.05, 0) is 12.8 Å². The van der Waals surface area contributed by atoms with E-state index in [1.165, 1.54) is 57.8 Å². The van der Waals surface area contributed by atoms with E-state index < -0.39 is 21.5 Å². The summed E-state index contributed by atoms with van der Waals surface area (Å²) in [5.74, 6) is 0. The first-order valence-electron chi connectivity index (χ1n) is 11.1. The molecule has 0 fully saturated rings. The lowest BCUT2D eigenvalue weighted by atomic mass is 10.0. The highest BCUT2D eigenvalue weighted by molar-refractivity contribution is 7.86. The van der Waals surface area contributed by atoms with Gasteiger partial charge in [0.15, 0.2) is 0 Å². The van der Waals surface area contributed by atoms with Crippen molar-refractivity contribution in [2.24, 2.45) is 0 Å². The monoisotopic (exact) mass is 392 g/mol. The summed E-state index contributed by atoms with van der Waals surface area (Å²) in [7, 11) is -4.17. The van der Waals surface area contributed by atoms with Crippen molar-refractivity contribution >= 4 is 10.1 Å². The van der Waals surface area contributed by atoms with Gasteiger partial charge in [0.05, 0.1) is 6.10 Å². The summed E-state index contributed by atoms with van der Waals surface area (Å²) in [5.41, 5.74) is 0. The Balaban J connectivity index is 3.89. The predicted molar refractivity (Wildman–Crippen MR) is 111 cm³/mol. The van der Waals surface area contributed by atoms with Crippen LogP contribution in [-0.2, 0) is 10.1 Å². The quantitative estimate of drug-likeness (QED) is 0.200. The Bertz CT molecular complexity index is 395. The third kappa shape index (κ3) is 15.0. The Morgan fingerprint density at radius 1 is 0.615 bits per heavy atom. The van der Waals surface area contributed by atoms with E-state index in [0.29, 0.717) is 12.8 Å². The number of aliphatic hydroxyl groups excluding tert-OH is 1. The molecule has 158 valence electrons. The molecule has 0 heterocycles. The second-order valence-electron chi connectivity index (χ2n) is 7.79. The summed E-state index contributed by atoms with van der Waals surface area (Å²) in [5, 5.41) is 9.23. The molecular weight excluding hydrogens is 348 g/mol. The van der Waals surface area contributed by atoms with Crippen LogP contribution in [0.5, 0.6) is 0 Å². The van der Waals surface area contributed by atoms with Crippen LogP contribution in [0, 0.1) is 0 Å². The second-order valence-corrected chi connectivity index (χ2v) is 9.43. The zero-order chi connectivity index (χ0) is 19.7. The van der Waals surface area contributed by atoms with Gasteiger partial charge in [0.25, 0.3) is 10.1 Å². The van der Waals surface area contributed by atoms with Gasteiger partial charge in [-0.3, -0.25) is 4.55 Å². The standard InChI is InChI=1S/C21H44O4S/c1-3-5-7-9-11-12-13-14-16-18-20(22)21(26(23,24)25)19-17-15-10-8-6-4-2/h20-22H,3-19H2,1-2H3,(H,23,24,25). The molecule has 5 heteroatoms. The molecule has 0 rings (SSSR count). The van der Waals surface area contributed by atoms with Crippen LogP contribution >= 0.6 is 0 Å². The number of rotatable bonds is 19. The van der Waals surface area contributed by atoms with Crippen LogP contribution in [-0.4, -0.2) is 29.4 Å². The summed E-state index contributed by atoms with van der Waals surface area (Å²) in [6.45, 7) is 4.38. The Kier molecular flexibility index (Phi) is 16.9. The zero-order valence-electron chi connectivity index (χ0n) is 17.3. The van der Waals surface area contributed by atoms with Crippen molar-refractivity contribution in [2.75, 3.05) is 0 Å². The van der Waals surface area contributed by atoms with Gasteiger partial charge in [0, 0.05) is 0 Å². The highest BCUT2D eigenvalue weighted by Crippen LogP contribution is 2.20. The summed E-state index contributed by atoms with van der Waals surface area (Å²) in [6.07, 6.45) is 17.0. The normalized spacial score (nSPS) is 14.5. The number of hydrogen-bond acceptors (Lipinski definition) is 3. The average Bonchev–Trinajstić information content (AvgIpc) is 2.58. The summed E-state index contributed by atoms with van der Waals surface area (Å²) < 4.78 is 32.6. The summed E-state index contributed by atoms with van der Waals surface area (Å²) in [6, 6.07) is 0. The van der Waals surface area contributed by atoms with Crippen LogP contribution in [0.3, 0.4) is 0 Å². The van der Waals surface area contributed by atoms with E-state index in [0.717, 1.165) is 38.5 Å². The van der Waals surface area contributed by atoms with Crippen molar-refractivity contribution in [3.05, 3.63) is 0 Å². The number of aliphatic hydroxyl groups is 1. The average molecular weight is 393 g/mol. The fraction of sp³-hybridized carbons (Fsp3) is 1.00. The molecule has 0 aromatic rings. The van der Waals surface area contributed by atoms with Crippen LogP contribution in [0.4, 0.5) is 0 Å². The van der Waals surface area contributed by atoms with Crippen LogP contribution in [0.1, 0.15) is 123 Å². The van der Waals surface area contributed by atoms with Gasteiger partial charge in [0.2, 0.25) is 0 Å². The smallest absolute Gasteiger partial charge is 0.270 e. The van der Waals surface area contributed by atoms with Crippen molar-refractivity contribution in [3.63, 3.8) is 0 Å². The van der Waals surface area contributed by atoms with E-state index in [-0.39, 0.29) is 0 Å². The number of unbranched alkanes of at least 4 members (excludes halogenated alkanes) is 13. The Labute approximate surface area is 162 Å². The van der Waals surface area contributed by atoms with Crippen molar-refractivity contribution in [1.29, 1.82) is 0 Å². The lowest BCUT2D eigenvalue weighted by Gasteiger charge is -2.20. The molecule has 0 amide bonds. The topological polar surface area (TPSA) is 74.6 Å². The van der Waals surface area contributed by atoms with Gasteiger partial charge in [-0.2, -0.15) is 8.42 Å². The molecule has 2 N–H and O–H groups in total. The van der Waals surface area contributed by atoms with Crippen LogP contribution in [0.2, 0.25) is 0 Å². The molecule has 0 radical (unpaired) electrons. The lowest BCUT2D eigenvalue weighted by molar-refractivity contribution is 0.146.